The number of benzene rings is 1. The fourth-order valence-electron chi connectivity index (χ4n) is 3.09. The van der Waals surface area contributed by atoms with Crippen molar-refractivity contribution in [3.63, 3.8) is 0 Å². The van der Waals surface area contributed by atoms with Crippen LogP contribution < -0.4 is 5.32 Å². The molecule has 1 saturated heterocycles. The molecule has 108 valence electrons. The first kappa shape index (κ1) is 13.7. The van der Waals surface area contributed by atoms with Gasteiger partial charge in [0.05, 0.1) is 0 Å². The average Bonchev–Trinajstić information content (AvgIpc) is 2.93. The predicted octanol–water partition coefficient (Wildman–Crippen LogP) is 3.13. The lowest BCUT2D eigenvalue weighted by molar-refractivity contribution is 0.209. The maximum absolute atomic E-state index is 3.65. The molecule has 0 spiro atoms. The largest absolute Gasteiger partial charge is 0.361 e. The lowest BCUT2D eigenvalue weighted by Gasteiger charge is -2.29. The van der Waals surface area contributed by atoms with Gasteiger partial charge in [-0.05, 0) is 55.9 Å². The molecule has 3 heteroatoms. The fraction of sp³-hybridized carbons (Fsp3) is 0.529. The summed E-state index contributed by atoms with van der Waals surface area (Å²) in [5.74, 6) is 0. The quantitative estimate of drug-likeness (QED) is 0.875. The third-order valence-electron chi connectivity index (χ3n) is 4.25. The van der Waals surface area contributed by atoms with E-state index in [0.717, 1.165) is 6.54 Å². The molecule has 0 aliphatic carbocycles. The van der Waals surface area contributed by atoms with Gasteiger partial charge in [0.1, 0.15) is 0 Å². The standard InChI is InChI=1S/C17H25N3/c1-14(13-20-9-3-2-4-10-20)19-12-15-5-6-16-7-8-18-17(16)11-15/h5-8,11,14,18-19H,2-4,9-10,12-13H2,1H3. The van der Waals surface area contributed by atoms with E-state index in [2.05, 4.69) is 46.4 Å². The number of aromatic nitrogens is 1. The Kier molecular flexibility index (Phi) is 4.38. The van der Waals surface area contributed by atoms with Gasteiger partial charge >= 0.3 is 0 Å². The Morgan fingerprint density at radius 1 is 1.20 bits per heavy atom. The molecule has 2 N–H and O–H groups in total. The summed E-state index contributed by atoms with van der Waals surface area (Å²) < 4.78 is 0. The van der Waals surface area contributed by atoms with Gasteiger partial charge in [-0.15, -0.1) is 0 Å². The minimum atomic E-state index is 0.549. The highest BCUT2D eigenvalue weighted by Crippen LogP contribution is 2.14. The van der Waals surface area contributed by atoms with Crippen LogP contribution in [0.1, 0.15) is 31.7 Å². The molecule has 3 rings (SSSR count). The smallest absolute Gasteiger partial charge is 0.0457 e. The lowest BCUT2D eigenvalue weighted by Crippen LogP contribution is -2.41. The van der Waals surface area contributed by atoms with Gasteiger partial charge in [-0.1, -0.05) is 18.6 Å². The van der Waals surface area contributed by atoms with E-state index in [9.17, 15) is 0 Å². The Balaban J connectivity index is 1.50. The molecular weight excluding hydrogens is 246 g/mol. The van der Waals surface area contributed by atoms with Crippen molar-refractivity contribution in [2.75, 3.05) is 19.6 Å². The first-order chi connectivity index (χ1) is 9.81. The molecule has 1 aromatic heterocycles. The van der Waals surface area contributed by atoms with E-state index in [-0.39, 0.29) is 0 Å². The molecule has 2 heterocycles. The SMILES string of the molecule is CC(CN1CCCCC1)NCc1ccc2cc[nH]c2c1. The zero-order valence-electron chi connectivity index (χ0n) is 12.4. The number of hydrogen-bond acceptors (Lipinski definition) is 2. The van der Waals surface area contributed by atoms with Gasteiger partial charge < -0.3 is 15.2 Å². The van der Waals surface area contributed by atoms with Crippen LogP contribution in [0.3, 0.4) is 0 Å². The van der Waals surface area contributed by atoms with Gasteiger partial charge in [0.15, 0.2) is 0 Å². The van der Waals surface area contributed by atoms with E-state index in [4.69, 9.17) is 0 Å². The van der Waals surface area contributed by atoms with Gasteiger partial charge in [-0.25, -0.2) is 0 Å². The Labute approximate surface area is 121 Å². The van der Waals surface area contributed by atoms with Gasteiger partial charge in [0.2, 0.25) is 0 Å². The topological polar surface area (TPSA) is 31.1 Å². The molecule has 1 atom stereocenters. The molecular formula is C17H25N3. The number of piperidine rings is 1. The molecule has 0 saturated carbocycles. The van der Waals surface area contributed by atoms with E-state index >= 15 is 0 Å². The Morgan fingerprint density at radius 2 is 2.05 bits per heavy atom. The minimum Gasteiger partial charge on any atom is -0.361 e. The monoisotopic (exact) mass is 271 g/mol. The summed E-state index contributed by atoms with van der Waals surface area (Å²) in [7, 11) is 0. The fourth-order valence-corrected chi connectivity index (χ4v) is 3.09. The third kappa shape index (κ3) is 3.41. The Bertz CT molecular complexity index is 540. The van der Waals surface area contributed by atoms with Crippen LogP contribution in [0.5, 0.6) is 0 Å². The highest BCUT2D eigenvalue weighted by molar-refractivity contribution is 5.79. The first-order valence-corrected chi connectivity index (χ1v) is 7.83. The van der Waals surface area contributed by atoms with Gasteiger partial charge in [-0.2, -0.15) is 0 Å². The van der Waals surface area contributed by atoms with Crippen LogP contribution in [-0.2, 0) is 6.54 Å². The van der Waals surface area contributed by atoms with Crippen LogP contribution in [0.2, 0.25) is 0 Å². The van der Waals surface area contributed by atoms with Crippen molar-refractivity contribution >= 4 is 10.9 Å². The molecule has 0 bridgehead atoms. The molecule has 1 aliphatic heterocycles. The number of rotatable bonds is 5. The number of nitrogens with one attached hydrogen (secondary N) is 2. The van der Waals surface area contributed by atoms with Crippen LogP contribution in [0, 0.1) is 0 Å². The Morgan fingerprint density at radius 3 is 2.90 bits per heavy atom. The van der Waals surface area contributed by atoms with Crippen molar-refractivity contribution in [3.05, 3.63) is 36.0 Å². The molecule has 20 heavy (non-hydrogen) atoms. The number of hydrogen-bond donors (Lipinski definition) is 2. The van der Waals surface area contributed by atoms with Crippen LogP contribution in [0.4, 0.5) is 0 Å². The van der Waals surface area contributed by atoms with Crippen molar-refractivity contribution < 1.29 is 0 Å². The van der Waals surface area contributed by atoms with Crippen LogP contribution in [0.25, 0.3) is 10.9 Å². The molecule has 1 aliphatic rings. The summed E-state index contributed by atoms with van der Waals surface area (Å²) >= 11 is 0. The first-order valence-electron chi connectivity index (χ1n) is 7.83. The number of nitrogens with zero attached hydrogens (tertiary/aromatic N) is 1. The summed E-state index contributed by atoms with van der Waals surface area (Å²) in [5, 5.41) is 4.93. The molecule has 0 radical (unpaired) electrons. The highest BCUT2D eigenvalue weighted by atomic mass is 15.1. The molecule has 3 nitrogen and oxygen atoms in total. The van der Waals surface area contributed by atoms with Crippen molar-refractivity contribution in [1.82, 2.24) is 15.2 Å². The van der Waals surface area contributed by atoms with E-state index < -0.39 is 0 Å². The Hall–Kier alpha value is -1.32. The van der Waals surface area contributed by atoms with Crippen LogP contribution in [-0.4, -0.2) is 35.6 Å². The third-order valence-corrected chi connectivity index (χ3v) is 4.25. The van der Waals surface area contributed by atoms with E-state index in [1.165, 1.54) is 55.4 Å². The molecule has 0 amide bonds. The van der Waals surface area contributed by atoms with Crippen molar-refractivity contribution in [2.24, 2.45) is 0 Å². The second-order valence-corrected chi connectivity index (χ2v) is 6.04. The molecule has 1 unspecified atom stereocenters. The van der Waals surface area contributed by atoms with Crippen LogP contribution in [0.15, 0.2) is 30.5 Å². The predicted molar refractivity (Wildman–Crippen MR) is 84.9 cm³/mol. The zero-order chi connectivity index (χ0) is 13.8. The second-order valence-electron chi connectivity index (χ2n) is 6.04. The number of aromatic amines is 1. The summed E-state index contributed by atoms with van der Waals surface area (Å²) in [5.41, 5.74) is 2.58. The molecule has 2 aromatic rings. The van der Waals surface area contributed by atoms with Gasteiger partial charge in [0, 0.05) is 30.8 Å². The summed E-state index contributed by atoms with van der Waals surface area (Å²) in [6.07, 6.45) is 6.15. The number of H-pyrrole nitrogens is 1. The van der Waals surface area contributed by atoms with Gasteiger partial charge in [-0.3, -0.25) is 0 Å². The van der Waals surface area contributed by atoms with Crippen molar-refractivity contribution in [2.45, 2.75) is 38.8 Å². The number of likely N-dealkylation sites (tertiary alicyclic amines) is 1. The maximum Gasteiger partial charge on any atom is 0.0457 e. The van der Waals surface area contributed by atoms with Gasteiger partial charge in [0.25, 0.3) is 0 Å². The average molecular weight is 271 g/mol. The minimum absolute atomic E-state index is 0.549. The highest BCUT2D eigenvalue weighted by Gasteiger charge is 2.12. The van der Waals surface area contributed by atoms with E-state index in [0.29, 0.717) is 6.04 Å². The van der Waals surface area contributed by atoms with Crippen molar-refractivity contribution in [3.8, 4) is 0 Å². The van der Waals surface area contributed by atoms with Crippen LogP contribution >= 0.6 is 0 Å². The molecule has 1 aromatic carbocycles. The number of fused-ring (bicyclic) bond motifs is 1. The van der Waals surface area contributed by atoms with Crippen molar-refractivity contribution in [1.29, 1.82) is 0 Å². The van der Waals surface area contributed by atoms with E-state index in [1.54, 1.807) is 0 Å². The summed E-state index contributed by atoms with van der Waals surface area (Å²) in [6, 6.07) is 9.32. The second kappa shape index (κ2) is 6.42. The lowest BCUT2D eigenvalue weighted by atomic mass is 10.1. The summed E-state index contributed by atoms with van der Waals surface area (Å²) in [6.45, 7) is 6.97. The maximum atomic E-state index is 3.65. The zero-order valence-corrected chi connectivity index (χ0v) is 12.4. The molecule has 1 fully saturated rings. The summed E-state index contributed by atoms with van der Waals surface area (Å²) in [4.78, 5) is 5.87. The normalized spacial score (nSPS) is 18.4. The van der Waals surface area contributed by atoms with E-state index in [1.807, 2.05) is 6.20 Å².